The molecule has 6 nitrogen and oxygen atoms in total. The molecule has 1 N–H and O–H groups in total. The number of hydrogen-bond donors (Lipinski definition) is 1. The number of carboxylic acids is 1. The molecule has 1 atom stereocenters. The third kappa shape index (κ3) is 6.01. The molecule has 2 rings (SSSR count). The number of piperidine rings is 1. The van der Waals surface area contributed by atoms with Crippen molar-refractivity contribution in [2.24, 2.45) is 5.92 Å². The maximum absolute atomic E-state index is 13.2. The number of carbonyl (C=O) groups is 3. The molecule has 0 aromatic heterocycles. The van der Waals surface area contributed by atoms with Gasteiger partial charge in [0, 0.05) is 26.6 Å². The monoisotopic (exact) mass is 382 g/mol. The normalized spacial score (nSPS) is 16.9. The van der Waals surface area contributed by atoms with Gasteiger partial charge in [-0.05, 0) is 43.4 Å². The summed E-state index contributed by atoms with van der Waals surface area (Å²) in [6.45, 7) is 0.573. The highest BCUT2D eigenvalue weighted by Gasteiger charge is 2.28. The molecule has 27 heavy (non-hydrogen) atoms. The molecule has 1 saturated heterocycles. The van der Waals surface area contributed by atoms with Crippen LogP contribution in [0.25, 0.3) is 0 Å². The van der Waals surface area contributed by atoms with Gasteiger partial charge in [-0.3, -0.25) is 14.4 Å². The zero-order valence-electron chi connectivity index (χ0n) is 15.3. The lowest BCUT2D eigenvalue weighted by Gasteiger charge is -2.32. The van der Waals surface area contributed by atoms with Gasteiger partial charge in [0.2, 0.25) is 11.8 Å². The molecular formula is C19H24F2N2O4. The number of nitrogens with zero attached hydrogens (tertiary/aromatic N) is 2. The van der Waals surface area contributed by atoms with Crippen LogP contribution in [0.15, 0.2) is 18.2 Å². The summed E-state index contributed by atoms with van der Waals surface area (Å²) in [5.41, 5.74) is 0.605. The largest absolute Gasteiger partial charge is 0.481 e. The Labute approximate surface area is 156 Å². The van der Waals surface area contributed by atoms with Crippen LogP contribution in [0, 0.1) is 17.6 Å². The molecule has 0 bridgehead atoms. The average Bonchev–Trinajstić information content (AvgIpc) is 2.64. The van der Waals surface area contributed by atoms with Crippen molar-refractivity contribution in [2.45, 2.75) is 32.1 Å². The maximum atomic E-state index is 13.2. The molecule has 0 spiro atoms. The van der Waals surface area contributed by atoms with E-state index in [1.807, 2.05) is 0 Å². The van der Waals surface area contributed by atoms with Gasteiger partial charge in [0.05, 0.1) is 12.5 Å². The molecule has 1 unspecified atom stereocenters. The second kappa shape index (κ2) is 9.43. The van der Waals surface area contributed by atoms with Crippen LogP contribution in [-0.4, -0.2) is 59.4 Å². The van der Waals surface area contributed by atoms with E-state index in [0.717, 1.165) is 12.1 Å². The van der Waals surface area contributed by atoms with E-state index in [1.54, 1.807) is 0 Å². The third-order valence-electron chi connectivity index (χ3n) is 4.76. The van der Waals surface area contributed by atoms with Crippen LogP contribution in [0.5, 0.6) is 0 Å². The molecule has 1 aliphatic rings. The number of rotatable bonds is 7. The number of hydrogen-bond acceptors (Lipinski definition) is 3. The second-order valence-corrected chi connectivity index (χ2v) is 6.87. The highest BCUT2D eigenvalue weighted by molar-refractivity contribution is 5.85. The summed E-state index contributed by atoms with van der Waals surface area (Å²) in [7, 11) is 1.52. The summed E-state index contributed by atoms with van der Waals surface area (Å²) in [6.07, 6.45) is 2.25. The van der Waals surface area contributed by atoms with Crippen molar-refractivity contribution in [1.29, 1.82) is 0 Å². The molecule has 1 aromatic rings. The van der Waals surface area contributed by atoms with E-state index in [9.17, 15) is 23.2 Å². The number of aryl methyl sites for hydroxylation is 1. The van der Waals surface area contributed by atoms with Crippen molar-refractivity contribution < 1.29 is 28.3 Å². The van der Waals surface area contributed by atoms with Crippen LogP contribution in [0.1, 0.15) is 31.2 Å². The zero-order chi connectivity index (χ0) is 20.0. The summed E-state index contributed by atoms with van der Waals surface area (Å²) >= 11 is 0. The molecule has 2 amide bonds. The lowest BCUT2D eigenvalue weighted by molar-refractivity contribution is -0.147. The smallest absolute Gasteiger partial charge is 0.308 e. The van der Waals surface area contributed by atoms with E-state index in [0.29, 0.717) is 37.8 Å². The lowest BCUT2D eigenvalue weighted by atomic mass is 9.98. The fourth-order valence-corrected chi connectivity index (χ4v) is 3.13. The minimum atomic E-state index is -0.914. The Hall–Kier alpha value is -2.51. The van der Waals surface area contributed by atoms with Crippen LogP contribution in [0.2, 0.25) is 0 Å². The van der Waals surface area contributed by atoms with Crippen LogP contribution >= 0.6 is 0 Å². The lowest BCUT2D eigenvalue weighted by Crippen LogP contribution is -2.46. The van der Waals surface area contributed by atoms with Crippen molar-refractivity contribution in [3.05, 3.63) is 35.4 Å². The molecule has 0 aliphatic carbocycles. The Morgan fingerprint density at radius 3 is 2.67 bits per heavy atom. The molecular weight excluding hydrogens is 358 g/mol. The van der Waals surface area contributed by atoms with Gasteiger partial charge in [0.15, 0.2) is 11.6 Å². The van der Waals surface area contributed by atoms with Crippen molar-refractivity contribution in [1.82, 2.24) is 9.80 Å². The number of halogens is 2. The van der Waals surface area contributed by atoms with Gasteiger partial charge in [-0.15, -0.1) is 0 Å². The fraction of sp³-hybridized carbons (Fsp3) is 0.526. The number of carbonyl (C=O) groups excluding carboxylic acids is 2. The van der Waals surface area contributed by atoms with E-state index < -0.39 is 23.5 Å². The number of likely N-dealkylation sites (N-methyl/N-ethyl adjacent to an activating group) is 1. The molecule has 1 aliphatic heterocycles. The van der Waals surface area contributed by atoms with Gasteiger partial charge in [-0.2, -0.15) is 0 Å². The van der Waals surface area contributed by atoms with Gasteiger partial charge in [0.1, 0.15) is 0 Å². The van der Waals surface area contributed by atoms with Crippen LogP contribution in [-0.2, 0) is 20.8 Å². The summed E-state index contributed by atoms with van der Waals surface area (Å²) in [4.78, 5) is 38.4. The van der Waals surface area contributed by atoms with E-state index in [-0.39, 0.29) is 31.3 Å². The van der Waals surface area contributed by atoms with Gasteiger partial charge in [-0.1, -0.05) is 6.07 Å². The number of amides is 2. The molecule has 1 fully saturated rings. The maximum Gasteiger partial charge on any atom is 0.308 e. The Morgan fingerprint density at radius 1 is 1.26 bits per heavy atom. The van der Waals surface area contributed by atoms with Crippen molar-refractivity contribution in [3.8, 4) is 0 Å². The Morgan fingerprint density at radius 2 is 2.00 bits per heavy atom. The van der Waals surface area contributed by atoms with Crippen molar-refractivity contribution in [3.63, 3.8) is 0 Å². The molecule has 148 valence electrons. The standard InChI is InChI=1S/C19H24F2N2O4/c1-22(12-18(25)23-9-3-5-14(11-23)19(26)27)17(24)6-2-4-13-7-8-15(20)16(21)10-13/h7-8,10,14H,2-6,9,11-12H2,1H3,(H,26,27). The van der Waals surface area contributed by atoms with E-state index in [2.05, 4.69) is 0 Å². The van der Waals surface area contributed by atoms with Gasteiger partial charge < -0.3 is 14.9 Å². The number of likely N-dealkylation sites (tertiary alicyclic amines) is 1. The summed E-state index contributed by atoms with van der Waals surface area (Å²) < 4.78 is 26.1. The van der Waals surface area contributed by atoms with Crippen LogP contribution in [0.4, 0.5) is 8.78 Å². The molecule has 0 radical (unpaired) electrons. The SMILES string of the molecule is CN(CC(=O)N1CCCC(C(=O)O)C1)C(=O)CCCc1ccc(F)c(F)c1. The highest BCUT2D eigenvalue weighted by Crippen LogP contribution is 2.17. The minimum absolute atomic E-state index is 0.101. The quantitative estimate of drug-likeness (QED) is 0.783. The molecule has 1 aromatic carbocycles. The van der Waals surface area contributed by atoms with E-state index in [4.69, 9.17) is 5.11 Å². The predicted molar refractivity (Wildman–Crippen MR) is 93.9 cm³/mol. The number of aliphatic carboxylic acids is 1. The van der Waals surface area contributed by atoms with Crippen LogP contribution < -0.4 is 0 Å². The number of carboxylic acid groups (broad SMARTS) is 1. The first-order valence-electron chi connectivity index (χ1n) is 8.96. The molecule has 0 saturated carbocycles. The first-order valence-corrected chi connectivity index (χ1v) is 8.96. The highest BCUT2D eigenvalue weighted by atomic mass is 19.2. The summed E-state index contributed by atoms with van der Waals surface area (Å²) in [6, 6.07) is 3.65. The van der Waals surface area contributed by atoms with E-state index in [1.165, 1.54) is 22.9 Å². The van der Waals surface area contributed by atoms with Gasteiger partial charge >= 0.3 is 5.97 Å². The first kappa shape index (κ1) is 20.8. The summed E-state index contributed by atoms with van der Waals surface area (Å²) in [5, 5.41) is 9.08. The average molecular weight is 382 g/mol. The van der Waals surface area contributed by atoms with Crippen molar-refractivity contribution >= 4 is 17.8 Å². The molecule has 8 heteroatoms. The molecule has 1 heterocycles. The Bertz CT molecular complexity index is 711. The van der Waals surface area contributed by atoms with E-state index >= 15 is 0 Å². The number of benzene rings is 1. The fourth-order valence-electron chi connectivity index (χ4n) is 3.13. The minimum Gasteiger partial charge on any atom is -0.481 e. The second-order valence-electron chi connectivity index (χ2n) is 6.87. The van der Waals surface area contributed by atoms with Gasteiger partial charge in [-0.25, -0.2) is 8.78 Å². The third-order valence-corrected chi connectivity index (χ3v) is 4.76. The van der Waals surface area contributed by atoms with Crippen molar-refractivity contribution in [2.75, 3.05) is 26.7 Å². The van der Waals surface area contributed by atoms with Gasteiger partial charge in [0.25, 0.3) is 0 Å². The summed E-state index contributed by atoms with van der Waals surface area (Å²) in [5.74, 6) is -3.78. The first-order chi connectivity index (χ1) is 12.8. The van der Waals surface area contributed by atoms with Crippen LogP contribution in [0.3, 0.4) is 0 Å². The Balaban J connectivity index is 1.76. The predicted octanol–water partition coefficient (Wildman–Crippen LogP) is 2.07. The Kier molecular flexibility index (Phi) is 7.27. The topological polar surface area (TPSA) is 77.9 Å². The zero-order valence-corrected chi connectivity index (χ0v) is 15.3.